The van der Waals surface area contributed by atoms with Crippen molar-refractivity contribution in [1.82, 2.24) is 5.32 Å². The van der Waals surface area contributed by atoms with Gasteiger partial charge in [-0.15, -0.1) is 0 Å². The number of primary amides is 1. The third-order valence-electron chi connectivity index (χ3n) is 0.890. The maximum Gasteiger partial charge on any atom is 0.239 e. The van der Waals surface area contributed by atoms with Crippen LogP contribution >= 0.6 is 0 Å². The second kappa shape index (κ2) is 3.12. The molecule has 0 fully saturated rings. The van der Waals surface area contributed by atoms with Crippen LogP contribution in [0.3, 0.4) is 0 Å². The Morgan fingerprint density at radius 2 is 2.22 bits per heavy atom. The number of hydrogen-bond acceptors (Lipinski definition) is 2. The summed E-state index contributed by atoms with van der Waals surface area (Å²) in [5, 5.41) is 2.77. The monoisotopic (exact) mass is 128 g/mol. The summed E-state index contributed by atoms with van der Waals surface area (Å²) in [5.74, 6) is -0.363. The van der Waals surface area contributed by atoms with Gasteiger partial charge in [-0.05, 0) is 13.8 Å². The molecule has 0 aromatic carbocycles. The molecule has 3 heteroatoms. The molecule has 0 spiro atoms. The minimum Gasteiger partial charge on any atom is -0.378 e. The summed E-state index contributed by atoms with van der Waals surface area (Å²) in [6, 6.07) is -0.317. The largest absolute Gasteiger partial charge is 0.378 e. The lowest BCUT2D eigenvalue weighted by Crippen LogP contribution is -2.37. The lowest BCUT2D eigenvalue weighted by Gasteiger charge is -2.09. The first-order valence-electron chi connectivity index (χ1n) is 2.75. The highest BCUT2D eigenvalue weighted by Crippen LogP contribution is 1.84. The number of carbonyl (C=O) groups is 1. The van der Waals surface area contributed by atoms with E-state index >= 15 is 0 Å². The topological polar surface area (TPSA) is 55.1 Å². The molecule has 0 heterocycles. The molecular formula is C6H12N2O. The van der Waals surface area contributed by atoms with Crippen LogP contribution in [0.2, 0.25) is 0 Å². The summed E-state index contributed by atoms with van der Waals surface area (Å²) < 4.78 is 0. The average Bonchev–Trinajstić information content (AvgIpc) is 1.63. The minimum absolute atomic E-state index is 0.317. The van der Waals surface area contributed by atoms with E-state index in [1.807, 2.05) is 0 Å². The van der Waals surface area contributed by atoms with E-state index in [9.17, 15) is 4.79 Å². The summed E-state index contributed by atoms with van der Waals surface area (Å²) in [6.45, 7) is 7.03. The molecule has 0 saturated heterocycles. The van der Waals surface area contributed by atoms with Crippen LogP contribution in [0.15, 0.2) is 12.3 Å². The third kappa shape index (κ3) is 3.58. The van der Waals surface area contributed by atoms with Crippen LogP contribution in [0, 0.1) is 0 Å². The van der Waals surface area contributed by atoms with Crippen molar-refractivity contribution in [2.75, 3.05) is 0 Å². The third-order valence-corrected chi connectivity index (χ3v) is 0.890. The number of nitrogens with two attached hydrogens (primary N) is 1. The zero-order chi connectivity index (χ0) is 7.44. The number of amides is 1. The highest BCUT2D eigenvalue weighted by atomic mass is 16.1. The van der Waals surface area contributed by atoms with Gasteiger partial charge in [0.25, 0.3) is 0 Å². The van der Waals surface area contributed by atoms with Crippen molar-refractivity contribution in [2.24, 2.45) is 5.73 Å². The molecule has 52 valence electrons. The number of hydrogen-bond donors (Lipinski definition) is 2. The summed E-state index contributed by atoms with van der Waals surface area (Å²) in [4.78, 5) is 10.4. The SMILES string of the molecule is C=C(C)NC(C)C(N)=O. The van der Waals surface area contributed by atoms with E-state index in [1.165, 1.54) is 0 Å². The Morgan fingerprint density at radius 3 is 2.33 bits per heavy atom. The van der Waals surface area contributed by atoms with Crippen molar-refractivity contribution in [3.05, 3.63) is 12.3 Å². The Kier molecular flexibility index (Phi) is 2.78. The fraction of sp³-hybridized carbons (Fsp3) is 0.500. The first-order valence-corrected chi connectivity index (χ1v) is 2.75. The van der Waals surface area contributed by atoms with Crippen LogP contribution in [-0.2, 0) is 4.79 Å². The van der Waals surface area contributed by atoms with E-state index in [0.29, 0.717) is 0 Å². The first kappa shape index (κ1) is 8.01. The second-order valence-corrected chi connectivity index (χ2v) is 2.05. The quantitative estimate of drug-likeness (QED) is 0.561. The van der Waals surface area contributed by atoms with E-state index in [4.69, 9.17) is 5.73 Å². The van der Waals surface area contributed by atoms with Crippen LogP contribution in [0.5, 0.6) is 0 Å². The minimum atomic E-state index is -0.363. The number of allylic oxidation sites excluding steroid dienone is 1. The highest BCUT2D eigenvalue weighted by Gasteiger charge is 2.04. The standard InChI is InChI=1S/C6H12N2O/c1-4(2)8-5(3)6(7)9/h5,8H,1H2,2-3H3,(H2,7,9). The van der Waals surface area contributed by atoms with Gasteiger partial charge >= 0.3 is 0 Å². The summed E-state index contributed by atoms with van der Waals surface area (Å²) in [5.41, 5.74) is 5.69. The van der Waals surface area contributed by atoms with Crippen LogP contribution in [0.25, 0.3) is 0 Å². The van der Waals surface area contributed by atoms with Crippen molar-refractivity contribution in [2.45, 2.75) is 19.9 Å². The van der Waals surface area contributed by atoms with Crippen LogP contribution < -0.4 is 11.1 Å². The molecule has 0 aliphatic rings. The Balaban J connectivity index is 3.63. The zero-order valence-corrected chi connectivity index (χ0v) is 5.77. The van der Waals surface area contributed by atoms with Crippen molar-refractivity contribution >= 4 is 5.91 Å². The van der Waals surface area contributed by atoms with Crippen molar-refractivity contribution < 1.29 is 4.79 Å². The Labute approximate surface area is 54.9 Å². The predicted octanol–water partition coefficient (Wildman–Crippen LogP) is -0.0166. The van der Waals surface area contributed by atoms with Gasteiger partial charge in [0.15, 0.2) is 0 Å². The summed E-state index contributed by atoms with van der Waals surface area (Å²) >= 11 is 0. The summed E-state index contributed by atoms with van der Waals surface area (Å²) in [7, 11) is 0. The second-order valence-electron chi connectivity index (χ2n) is 2.05. The molecule has 0 aromatic heterocycles. The molecule has 0 aliphatic heterocycles. The van der Waals surface area contributed by atoms with Gasteiger partial charge in [0.05, 0.1) is 0 Å². The van der Waals surface area contributed by atoms with Crippen LogP contribution in [0.1, 0.15) is 13.8 Å². The molecule has 0 bridgehead atoms. The van der Waals surface area contributed by atoms with Gasteiger partial charge in [0, 0.05) is 5.70 Å². The Hall–Kier alpha value is -0.990. The number of carbonyl (C=O) groups excluding carboxylic acids is 1. The van der Waals surface area contributed by atoms with Gasteiger partial charge < -0.3 is 11.1 Å². The zero-order valence-electron chi connectivity index (χ0n) is 5.77. The molecule has 1 unspecified atom stereocenters. The lowest BCUT2D eigenvalue weighted by atomic mass is 10.3. The molecule has 0 rings (SSSR count). The molecule has 0 aliphatic carbocycles. The van der Waals surface area contributed by atoms with Gasteiger partial charge in [-0.1, -0.05) is 6.58 Å². The van der Waals surface area contributed by atoms with Crippen LogP contribution in [-0.4, -0.2) is 11.9 Å². The molecule has 9 heavy (non-hydrogen) atoms. The van der Waals surface area contributed by atoms with Gasteiger partial charge in [-0.25, -0.2) is 0 Å². The van der Waals surface area contributed by atoms with Crippen molar-refractivity contribution in [3.63, 3.8) is 0 Å². The maximum atomic E-state index is 10.4. The molecule has 0 saturated carbocycles. The van der Waals surface area contributed by atoms with Crippen LogP contribution in [0.4, 0.5) is 0 Å². The molecule has 3 nitrogen and oxygen atoms in total. The van der Waals surface area contributed by atoms with E-state index < -0.39 is 0 Å². The fourth-order valence-corrected chi connectivity index (χ4v) is 0.441. The van der Waals surface area contributed by atoms with E-state index in [2.05, 4.69) is 11.9 Å². The Bertz CT molecular complexity index is 131. The van der Waals surface area contributed by atoms with Gasteiger partial charge in [0.2, 0.25) is 5.91 Å². The van der Waals surface area contributed by atoms with Crippen molar-refractivity contribution in [1.29, 1.82) is 0 Å². The van der Waals surface area contributed by atoms with E-state index in [-0.39, 0.29) is 11.9 Å². The predicted molar refractivity (Wildman–Crippen MR) is 36.6 cm³/mol. The van der Waals surface area contributed by atoms with Gasteiger partial charge in [-0.2, -0.15) is 0 Å². The first-order chi connectivity index (χ1) is 4.04. The molecule has 3 N–H and O–H groups in total. The van der Waals surface area contributed by atoms with Gasteiger partial charge in [0.1, 0.15) is 6.04 Å². The lowest BCUT2D eigenvalue weighted by molar-refractivity contribution is -0.119. The highest BCUT2D eigenvalue weighted by molar-refractivity contribution is 5.79. The molecular weight excluding hydrogens is 116 g/mol. The summed E-state index contributed by atoms with van der Waals surface area (Å²) in [6.07, 6.45) is 0. The number of rotatable bonds is 3. The fourth-order valence-electron chi connectivity index (χ4n) is 0.441. The molecule has 1 atom stereocenters. The van der Waals surface area contributed by atoms with Gasteiger partial charge in [-0.3, -0.25) is 4.79 Å². The molecule has 0 aromatic rings. The maximum absolute atomic E-state index is 10.4. The normalized spacial score (nSPS) is 12.2. The van der Waals surface area contributed by atoms with E-state index in [0.717, 1.165) is 5.70 Å². The number of nitrogens with one attached hydrogen (secondary N) is 1. The van der Waals surface area contributed by atoms with E-state index in [1.54, 1.807) is 13.8 Å². The average molecular weight is 128 g/mol. The molecule has 0 radical (unpaired) electrons. The Morgan fingerprint density at radius 1 is 1.78 bits per heavy atom. The molecule has 1 amide bonds. The van der Waals surface area contributed by atoms with Crippen molar-refractivity contribution in [3.8, 4) is 0 Å². The smallest absolute Gasteiger partial charge is 0.239 e.